The van der Waals surface area contributed by atoms with E-state index >= 15 is 0 Å². The van der Waals surface area contributed by atoms with Gasteiger partial charge in [-0.15, -0.1) is 11.3 Å². The van der Waals surface area contributed by atoms with Crippen LogP contribution in [0.25, 0.3) is 10.9 Å². The molecule has 5 nitrogen and oxygen atoms in total. The van der Waals surface area contributed by atoms with Gasteiger partial charge in [0.1, 0.15) is 0 Å². The number of aromatic amines is 1. The summed E-state index contributed by atoms with van der Waals surface area (Å²) < 4.78 is 0. The summed E-state index contributed by atoms with van der Waals surface area (Å²) in [6.07, 6.45) is 6.75. The van der Waals surface area contributed by atoms with Gasteiger partial charge in [-0.05, 0) is 62.9 Å². The molecule has 1 aliphatic rings. The van der Waals surface area contributed by atoms with E-state index in [0.717, 1.165) is 25.1 Å². The van der Waals surface area contributed by atoms with E-state index in [4.69, 9.17) is 0 Å². The summed E-state index contributed by atoms with van der Waals surface area (Å²) in [5.41, 5.74) is 3.81. The minimum absolute atomic E-state index is 0.0611. The molecule has 142 valence electrons. The van der Waals surface area contributed by atoms with E-state index < -0.39 is 0 Å². The lowest BCUT2D eigenvalue weighted by atomic mass is 9.89. The fourth-order valence-electron chi connectivity index (χ4n) is 4.01. The van der Waals surface area contributed by atoms with Crippen LogP contribution in [0.4, 0.5) is 5.13 Å². The molecule has 0 radical (unpaired) electrons. The van der Waals surface area contributed by atoms with E-state index in [-0.39, 0.29) is 5.91 Å². The normalized spacial score (nSPS) is 16.0. The number of aryl methyl sites for hydroxylation is 1. The third-order valence-electron chi connectivity index (χ3n) is 5.39. The molecule has 4 rings (SSSR count). The Morgan fingerprint density at radius 3 is 2.96 bits per heavy atom. The second-order valence-corrected chi connectivity index (χ2v) is 8.19. The Morgan fingerprint density at radius 2 is 2.15 bits per heavy atom. The maximum absolute atomic E-state index is 11.1. The van der Waals surface area contributed by atoms with E-state index in [1.165, 1.54) is 60.7 Å². The van der Waals surface area contributed by atoms with Crippen LogP contribution in [0, 0.1) is 0 Å². The number of thiazole rings is 1. The predicted octanol–water partition coefficient (Wildman–Crippen LogP) is 4.40. The molecular formula is C21H26N4OS. The molecule has 0 unspecified atom stereocenters. The Kier molecular flexibility index (Phi) is 5.55. The van der Waals surface area contributed by atoms with Crippen LogP contribution in [-0.2, 0) is 11.2 Å². The van der Waals surface area contributed by atoms with Gasteiger partial charge in [0.2, 0.25) is 5.91 Å². The highest BCUT2D eigenvalue weighted by molar-refractivity contribution is 7.13. The van der Waals surface area contributed by atoms with Crippen molar-refractivity contribution in [2.45, 2.75) is 38.5 Å². The molecule has 1 aromatic carbocycles. The lowest BCUT2D eigenvalue weighted by molar-refractivity contribution is -0.114. The van der Waals surface area contributed by atoms with Crippen LogP contribution in [0.3, 0.4) is 0 Å². The number of likely N-dealkylation sites (tertiary alicyclic amines) is 1. The molecule has 0 saturated carbocycles. The summed E-state index contributed by atoms with van der Waals surface area (Å²) in [6, 6.07) is 8.61. The predicted molar refractivity (Wildman–Crippen MR) is 111 cm³/mol. The van der Waals surface area contributed by atoms with Crippen LogP contribution in [0.2, 0.25) is 0 Å². The summed E-state index contributed by atoms with van der Waals surface area (Å²) in [5, 5.41) is 6.89. The van der Waals surface area contributed by atoms with E-state index in [0.29, 0.717) is 11.0 Å². The van der Waals surface area contributed by atoms with Gasteiger partial charge in [0.15, 0.2) is 5.13 Å². The number of piperidine rings is 1. The molecule has 27 heavy (non-hydrogen) atoms. The SMILES string of the molecule is CC(=O)Nc1nc(CCCN2CCC(c3c[nH]c4ccccc34)CC2)cs1. The first-order valence-corrected chi connectivity index (χ1v) is 10.6. The molecular weight excluding hydrogens is 356 g/mol. The van der Waals surface area contributed by atoms with Gasteiger partial charge in [-0.1, -0.05) is 18.2 Å². The van der Waals surface area contributed by atoms with Crippen molar-refractivity contribution < 1.29 is 4.79 Å². The number of nitrogens with zero attached hydrogens (tertiary/aromatic N) is 2. The number of carbonyl (C=O) groups excluding carboxylic acids is 1. The summed E-state index contributed by atoms with van der Waals surface area (Å²) in [6.45, 7) is 4.96. The summed E-state index contributed by atoms with van der Waals surface area (Å²) in [5.74, 6) is 0.602. The Labute approximate surface area is 163 Å². The highest BCUT2D eigenvalue weighted by Gasteiger charge is 2.22. The molecule has 0 aliphatic carbocycles. The number of hydrogen-bond acceptors (Lipinski definition) is 4. The molecule has 1 amide bonds. The zero-order chi connectivity index (χ0) is 18.6. The van der Waals surface area contributed by atoms with Crippen molar-refractivity contribution in [3.05, 3.63) is 47.1 Å². The zero-order valence-corrected chi connectivity index (χ0v) is 16.5. The third kappa shape index (κ3) is 4.39. The molecule has 3 heterocycles. The summed E-state index contributed by atoms with van der Waals surface area (Å²) >= 11 is 1.50. The smallest absolute Gasteiger partial charge is 0.223 e. The topological polar surface area (TPSA) is 61.0 Å². The molecule has 1 aliphatic heterocycles. The number of benzene rings is 1. The first-order chi connectivity index (χ1) is 13.2. The number of fused-ring (bicyclic) bond motifs is 1. The standard InChI is InChI=1S/C21H26N4OS/c1-15(26)23-21-24-17(14-27-21)5-4-10-25-11-8-16(9-12-25)19-13-22-20-7-3-2-6-18(19)20/h2-3,6-7,13-14,16,22H,4-5,8-12H2,1H3,(H,23,24,26). The van der Waals surface area contributed by atoms with Crippen LogP contribution < -0.4 is 5.32 Å². The number of nitrogens with one attached hydrogen (secondary N) is 2. The van der Waals surface area contributed by atoms with E-state index in [1.807, 2.05) is 0 Å². The average molecular weight is 383 g/mol. The van der Waals surface area contributed by atoms with Gasteiger partial charge in [0, 0.05) is 29.4 Å². The van der Waals surface area contributed by atoms with Crippen LogP contribution in [0.15, 0.2) is 35.8 Å². The Hall–Kier alpha value is -2.18. The van der Waals surface area contributed by atoms with Crippen molar-refractivity contribution >= 4 is 33.3 Å². The largest absolute Gasteiger partial charge is 0.361 e. The molecule has 3 aromatic rings. The van der Waals surface area contributed by atoms with Crippen LogP contribution in [0.5, 0.6) is 0 Å². The number of anilines is 1. The maximum atomic E-state index is 11.1. The number of H-pyrrole nitrogens is 1. The van der Waals surface area contributed by atoms with Crippen molar-refractivity contribution in [1.29, 1.82) is 0 Å². The first-order valence-electron chi connectivity index (χ1n) is 9.69. The zero-order valence-electron chi connectivity index (χ0n) is 15.7. The molecule has 0 bridgehead atoms. The first kappa shape index (κ1) is 18.2. The van der Waals surface area contributed by atoms with Gasteiger partial charge in [-0.3, -0.25) is 4.79 Å². The number of carbonyl (C=O) groups is 1. The fourth-order valence-corrected chi connectivity index (χ4v) is 4.80. The van der Waals surface area contributed by atoms with Gasteiger partial charge in [-0.2, -0.15) is 0 Å². The van der Waals surface area contributed by atoms with Crippen molar-refractivity contribution in [2.24, 2.45) is 0 Å². The number of para-hydroxylation sites is 1. The number of amides is 1. The van der Waals surface area contributed by atoms with Crippen molar-refractivity contribution in [2.75, 3.05) is 25.0 Å². The Balaban J connectivity index is 1.24. The molecule has 6 heteroatoms. The van der Waals surface area contributed by atoms with Crippen LogP contribution in [-0.4, -0.2) is 40.4 Å². The lowest BCUT2D eigenvalue weighted by Crippen LogP contribution is -2.33. The van der Waals surface area contributed by atoms with E-state index in [1.54, 1.807) is 0 Å². The second-order valence-electron chi connectivity index (χ2n) is 7.33. The molecule has 1 fully saturated rings. The quantitative estimate of drug-likeness (QED) is 0.664. The molecule has 1 saturated heterocycles. The van der Waals surface area contributed by atoms with Crippen molar-refractivity contribution in [3.8, 4) is 0 Å². The van der Waals surface area contributed by atoms with Gasteiger partial charge in [0.25, 0.3) is 0 Å². The molecule has 2 N–H and O–H groups in total. The number of aromatic nitrogens is 2. The van der Waals surface area contributed by atoms with Gasteiger partial charge in [-0.25, -0.2) is 4.98 Å². The van der Waals surface area contributed by atoms with Gasteiger partial charge in [0.05, 0.1) is 5.69 Å². The van der Waals surface area contributed by atoms with Gasteiger partial charge >= 0.3 is 0 Å². The minimum Gasteiger partial charge on any atom is -0.361 e. The molecule has 2 aromatic heterocycles. The maximum Gasteiger partial charge on any atom is 0.223 e. The Morgan fingerprint density at radius 1 is 1.33 bits per heavy atom. The molecule has 0 atom stereocenters. The highest BCUT2D eigenvalue weighted by Crippen LogP contribution is 2.33. The fraction of sp³-hybridized carbons (Fsp3) is 0.429. The number of rotatable bonds is 6. The van der Waals surface area contributed by atoms with E-state index in [9.17, 15) is 4.79 Å². The summed E-state index contributed by atoms with van der Waals surface area (Å²) in [4.78, 5) is 21.5. The average Bonchev–Trinajstić information content (AvgIpc) is 3.29. The van der Waals surface area contributed by atoms with Crippen molar-refractivity contribution in [1.82, 2.24) is 14.9 Å². The molecule has 0 spiro atoms. The van der Waals surface area contributed by atoms with Crippen LogP contribution >= 0.6 is 11.3 Å². The lowest BCUT2D eigenvalue weighted by Gasteiger charge is -2.31. The van der Waals surface area contributed by atoms with Crippen molar-refractivity contribution in [3.63, 3.8) is 0 Å². The monoisotopic (exact) mass is 382 g/mol. The number of hydrogen-bond donors (Lipinski definition) is 2. The highest BCUT2D eigenvalue weighted by atomic mass is 32.1. The second kappa shape index (κ2) is 8.23. The van der Waals surface area contributed by atoms with E-state index in [2.05, 4.69) is 56.0 Å². The van der Waals surface area contributed by atoms with Crippen LogP contribution in [0.1, 0.15) is 43.4 Å². The summed E-state index contributed by atoms with van der Waals surface area (Å²) in [7, 11) is 0. The van der Waals surface area contributed by atoms with Gasteiger partial charge < -0.3 is 15.2 Å². The minimum atomic E-state index is -0.0611. The Bertz CT molecular complexity index is 908. The third-order valence-corrected chi connectivity index (χ3v) is 6.20.